The number of benzene rings is 3. The van der Waals surface area contributed by atoms with Crippen LogP contribution in [-0.4, -0.2) is 106 Å². The van der Waals surface area contributed by atoms with E-state index in [1.54, 1.807) is 97.8 Å². The molecule has 0 N–H and O–H groups in total. The standard InChI is InChI=1S/C52H67N3O15/c1-19-53(20-2)44(56)29-38-32(59-47(7,8)65-38)26(33-39(29)66-48(9,10)60-33)25(27-34-40(67-49(11,12)61-34)30(45(57)54(21-3)22-4)41-35(27)62-50(13,14)68-41)28-36-42(69-51(15,16)63-36)31(46(58)55(23-5)24-6)43-37(28)64-52(17,18)70-43/h25H,19-24H2,1-18H3. The molecule has 3 aromatic rings. The van der Waals surface area contributed by atoms with Gasteiger partial charge in [0, 0.05) is 122 Å². The van der Waals surface area contributed by atoms with Gasteiger partial charge in [0.15, 0.2) is 69.0 Å². The van der Waals surface area contributed by atoms with Crippen LogP contribution in [0.1, 0.15) is 178 Å². The normalized spacial score (nSPS) is 19.4. The molecule has 0 unspecified atom stereocenters. The number of nitrogens with zero attached hydrogens (tertiary/aromatic N) is 3. The fraction of sp³-hybridized carbons (Fsp3) is 0.596. The van der Waals surface area contributed by atoms with Crippen molar-refractivity contribution in [3.63, 3.8) is 0 Å². The van der Waals surface area contributed by atoms with Gasteiger partial charge < -0.3 is 71.5 Å². The van der Waals surface area contributed by atoms with Crippen molar-refractivity contribution in [2.45, 2.75) is 165 Å². The van der Waals surface area contributed by atoms with Crippen LogP contribution in [0.25, 0.3) is 0 Å². The highest BCUT2D eigenvalue weighted by molar-refractivity contribution is 6.06. The molecule has 3 amide bonds. The fourth-order valence-corrected chi connectivity index (χ4v) is 10.1. The van der Waals surface area contributed by atoms with Gasteiger partial charge >= 0.3 is 0 Å². The van der Waals surface area contributed by atoms with E-state index in [1.807, 2.05) is 41.5 Å². The Labute approximate surface area is 409 Å². The number of carbonyl (C=O) groups is 3. The van der Waals surface area contributed by atoms with Crippen LogP contribution in [0.3, 0.4) is 0 Å². The lowest BCUT2D eigenvalue weighted by Gasteiger charge is -2.29. The van der Waals surface area contributed by atoms with Gasteiger partial charge in [-0.05, 0) is 41.5 Å². The number of ether oxygens (including phenoxy) is 12. The molecule has 6 aliphatic heterocycles. The van der Waals surface area contributed by atoms with Gasteiger partial charge in [0.05, 0.1) is 22.6 Å². The molecule has 0 saturated carbocycles. The molecule has 0 aliphatic carbocycles. The summed E-state index contributed by atoms with van der Waals surface area (Å²) in [5.41, 5.74) is 1.09. The maximum Gasteiger partial charge on any atom is 0.261 e. The molecule has 380 valence electrons. The summed E-state index contributed by atoms with van der Waals surface area (Å²) in [6, 6.07) is 0. The first-order chi connectivity index (χ1) is 32.6. The van der Waals surface area contributed by atoms with Crippen LogP contribution in [0.5, 0.6) is 69.0 Å². The van der Waals surface area contributed by atoms with Crippen molar-refractivity contribution in [2.75, 3.05) is 39.3 Å². The molecule has 18 heteroatoms. The van der Waals surface area contributed by atoms with E-state index in [4.69, 9.17) is 56.8 Å². The van der Waals surface area contributed by atoms with Crippen molar-refractivity contribution in [1.29, 1.82) is 0 Å². The molecule has 9 rings (SSSR count). The second-order valence-corrected chi connectivity index (χ2v) is 20.8. The quantitative estimate of drug-likeness (QED) is 0.157. The van der Waals surface area contributed by atoms with E-state index in [0.717, 1.165) is 0 Å². The first-order valence-corrected chi connectivity index (χ1v) is 24.4. The summed E-state index contributed by atoms with van der Waals surface area (Å²) in [5, 5.41) is 0. The van der Waals surface area contributed by atoms with Crippen LogP contribution in [0.15, 0.2) is 0 Å². The lowest BCUT2D eigenvalue weighted by molar-refractivity contribution is -0.0496. The molecular weight excluding hydrogens is 907 g/mol. The smallest absolute Gasteiger partial charge is 0.261 e. The Kier molecular flexibility index (Phi) is 11.0. The highest BCUT2D eigenvalue weighted by Crippen LogP contribution is 2.70. The van der Waals surface area contributed by atoms with E-state index in [1.165, 1.54) is 0 Å². The molecule has 3 aromatic carbocycles. The minimum Gasteiger partial charge on any atom is -0.449 e. The van der Waals surface area contributed by atoms with Gasteiger partial charge in [-0.3, -0.25) is 14.4 Å². The van der Waals surface area contributed by atoms with Crippen LogP contribution in [0.2, 0.25) is 0 Å². The van der Waals surface area contributed by atoms with E-state index >= 15 is 0 Å². The summed E-state index contributed by atoms with van der Waals surface area (Å²) in [4.78, 5) is 49.7. The van der Waals surface area contributed by atoms with Crippen molar-refractivity contribution in [3.05, 3.63) is 33.4 Å². The van der Waals surface area contributed by atoms with E-state index < -0.39 is 40.6 Å². The number of hydrogen-bond donors (Lipinski definition) is 0. The number of fused-ring (bicyclic) bond motifs is 6. The molecule has 0 atom stereocenters. The fourth-order valence-electron chi connectivity index (χ4n) is 10.1. The number of rotatable bonds is 12. The second kappa shape index (κ2) is 15.8. The zero-order valence-electron chi connectivity index (χ0n) is 43.8. The van der Waals surface area contributed by atoms with Gasteiger partial charge in [0.2, 0.25) is 34.7 Å². The van der Waals surface area contributed by atoms with Crippen molar-refractivity contribution in [3.8, 4) is 69.0 Å². The summed E-state index contributed by atoms with van der Waals surface area (Å²) in [6.07, 6.45) is 0. The lowest BCUT2D eigenvalue weighted by Crippen LogP contribution is -2.33. The second-order valence-electron chi connectivity index (χ2n) is 20.8. The summed E-state index contributed by atoms with van der Waals surface area (Å²) < 4.78 is 81.9. The van der Waals surface area contributed by atoms with Crippen LogP contribution in [0.4, 0.5) is 0 Å². The number of amides is 3. The maximum absolute atomic E-state index is 14.9. The molecule has 0 saturated heterocycles. The van der Waals surface area contributed by atoms with Gasteiger partial charge in [-0.25, -0.2) is 0 Å². The predicted octanol–water partition coefficient (Wildman–Crippen LogP) is 9.36. The van der Waals surface area contributed by atoms with Crippen LogP contribution in [-0.2, 0) is 0 Å². The number of hydrogen-bond acceptors (Lipinski definition) is 15. The summed E-state index contributed by atoms with van der Waals surface area (Å²) in [7, 11) is 0. The molecule has 6 aliphatic rings. The van der Waals surface area contributed by atoms with Gasteiger partial charge in [0.25, 0.3) is 17.7 Å². The van der Waals surface area contributed by atoms with Crippen molar-refractivity contribution >= 4 is 17.7 Å². The summed E-state index contributed by atoms with van der Waals surface area (Å²) >= 11 is 0. The Bertz CT molecular complexity index is 2310. The van der Waals surface area contributed by atoms with Crippen molar-refractivity contribution in [2.24, 2.45) is 0 Å². The SMILES string of the molecule is CCN(CC)C(=O)c1c2c(c(C(c3c4c(c(C(=O)N(CC)CC)c5c3OC(C)(C)O5)OC(C)(C)O4)c3c4c(c(C(=O)N(CC)CC)c5c3OC(C)(C)O5)OC(C)(C)O4)c3c1OC(C)(C)O3)OC(C)(C)O2. The van der Waals surface area contributed by atoms with Crippen LogP contribution >= 0.6 is 0 Å². The highest BCUT2D eigenvalue weighted by Gasteiger charge is 2.57. The van der Waals surface area contributed by atoms with E-state index in [9.17, 15) is 14.4 Å². The Morgan fingerprint density at radius 2 is 0.443 bits per heavy atom. The first-order valence-electron chi connectivity index (χ1n) is 24.4. The van der Waals surface area contributed by atoms with Gasteiger partial charge in [0.1, 0.15) is 16.7 Å². The summed E-state index contributed by atoms with van der Waals surface area (Å²) in [6.45, 7) is 34.4. The van der Waals surface area contributed by atoms with E-state index in [0.29, 0.717) is 39.3 Å². The molecule has 18 nitrogen and oxygen atoms in total. The molecule has 0 radical (unpaired) electrons. The molecule has 70 heavy (non-hydrogen) atoms. The average molecular weight is 974 g/mol. The Balaban J connectivity index is 1.53. The summed E-state index contributed by atoms with van der Waals surface area (Å²) in [5.74, 6) is -9.31. The van der Waals surface area contributed by atoms with E-state index in [-0.39, 0.29) is 120 Å². The molecule has 6 heterocycles. The first kappa shape index (κ1) is 48.7. The molecular formula is C52H67N3O15. The Morgan fingerprint density at radius 1 is 0.300 bits per heavy atom. The third-order valence-corrected chi connectivity index (χ3v) is 12.9. The topological polar surface area (TPSA) is 172 Å². The third kappa shape index (κ3) is 7.53. The zero-order chi connectivity index (χ0) is 51.2. The van der Waals surface area contributed by atoms with Crippen LogP contribution in [0, 0.1) is 0 Å². The maximum atomic E-state index is 14.9. The average Bonchev–Trinajstić information content (AvgIpc) is 4.07. The minimum atomic E-state index is -1.36. The van der Waals surface area contributed by atoms with Gasteiger partial charge in [-0.1, -0.05) is 0 Å². The monoisotopic (exact) mass is 973 g/mol. The lowest BCUT2D eigenvalue weighted by atomic mass is 9.79. The predicted molar refractivity (Wildman–Crippen MR) is 254 cm³/mol. The Hall–Kier alpha value is -6.33. The minimum absolute atomic E-state index is 0.0928. The van der Waals surface area contributed by atoms with Crippen LogP contribution < -0.4 is 56.8 Å². The number of carbonyl (C=O) groups excluding carboxylic acids is 3. The molecule has 0 aromatic heterocycles. The molecule has 0 bridgehead atoms. The Morgan fingerprint density at radius 3 is 0.586 bits per heavy atom. The zero-order valence-corrected chi connectivity index (χ0v) is 43.8. The van der Waals surface area contributed by atoms with Crippen molar-refractivity contribution < 1.29 is 71.2 Å². The highest BCUT2D eigenvalue weighted by atomic mass is 16.8. The van der Waals surface area contributed by atoms with Gasteiger partial charge in [-0.15, -0.1) is 0 Å². The van der Waals surface area contributed by atoms with Crippen molar-refractivity contribution in [1.82, 2.24) is 14.7 Å². The van der Waals surface area contributed by atoms with E-state index in [2.05, 4.69) is 0 Å². The molecule has 0 spiro atoms. The molecule has 0 fully saturated rings. The third-order valence-electron chi connectivity index (χ3n) is 12.9. The largest absolute Gasteiger partial charge is 0.449 e. The van der Waals surface area contributed by atoms with Gasteiger partial charge in [-0.2, -0.15) is 0 Å².